The van der Waals surface area contributed by atoms with Crippen LogP contribution in [0.15, 0.2) is 24.5 Å². The van der Waals surface area contributed by atoms with Gasteiger partial charge in [0, 0.05) is 51.4 Å². The molecule has 0 unspecified atom stereocenters. The average molecular weight is 263 g/mol. The van der Waals surface area contributed by atoms with Crippen molar-refractivity contribution in [2.45, 2.75) is 26.3 Å². The molecule has 0 aliphatic carbocycles. The van der Waals surface area contributed by atoms with E-state index in [4.69, 9.17) is 0 Å². The van der Waals surface area contributed by atoms with E-state index in [1.165, 1.54) is 0 Å². The molecular formula is C14H21N3O2. The maximum atomic E-state index is 12.0. The lowest BCUT2D eigenvalue weighted by Gasteiger charge is -2.30. The Kier molecular flexibility index (Phi) is 4.60. The zero-order valence-corrected chi connectivity index (χ0v) is 11.3. The van der Waals surface area contributed by atoms with E-state index >= 15 is 0 Å². The first-order valence-electron chi connectivity index (χ1n) is 6.81. The second-order valence-corrected chi connectivity index (χ2v) is 4.99. The molecule has 1 fully saturated rings. The molecule has 5 heteroatoms. The lowest BCUT2D eigenvalue weighted by molar-refractivity contribution is -0.133. The minimum absolute atomic E-state index is 0.0558. The molecule has 2 rings (SSSR count). The molecule has 0 radical (unpaired) electrons. The van der Waals surface area contributed by atoms with Crippen molar-refractivity contribution in [3.8, 4) is 0 Å². The molecule has 5 nitrogen and oxygen atoms in total. The molecule has 0 saturated carbocycles. The smallest absolute Gasteiger partial charge is 0.223 e. The number of rotatable bonds is 4. The van der Waals surface area contributed by atoms with Gasteiger partial charge in [-0.05, 0) is 25.0 Å². The Balaban J connectivity index is 1.68. The van der Waals surface area contributed by atoms with Gasteiger partial charge in [0.25, 0.3) is 0 Å². The van der Waals surface area contributed by atoms with Gasteiger partial charge >= 0.3 is 0 Å². The van der Waals surface area contributed by atoms with Crippen LogP contribution in [0.25, 0.3) is 0 Å². The third kappa shape index (κ3) is 3.84. The Labute approximate surface area is 113 Å². The quantitative estimate of drug-likeness (QED) is 0.876. The highest BCUT2D eigenvalue weighted by atomic mass is 16.2. The van der Waals surface area contributed by atoms with Crippen LogP contribution in [0.3, 0.4) is 0 Å². The molecule has 1 aliphatic rings. The molecule has 1 aromatic rings. The lowest BCUT2D eigenvalue weighted by Crippen LogP contribution is -2.42. The van der Waals surface area contributed by atoms with Crippen molar-refractivity contribution in [1.82, 2.24) is 14.8 Å². The Hall–Kier alpha value is -1.78. The minimum Gasteiger partial charge on any atom is -0.354 e. The van der Waals surface area contributed by atoms with Gasteiger partial charge in [-0.1, -0.05) is 0 Å². The molecule has 104 valence electrons. The van der Waals surface area contributed by atoms with Crippen LogP contribution < -0.4 is 5.32 Å². The average Bonchev–Trinajstić information content (AvgIpc) is 2.92. The lowest BCUT2D eigenvalue weighted by atomic mass is 9.96. The van der Waals surface area contributed by atoms with Gasteiger partial charge in [0.05, 0.1) is 0 Å². The molecule has 1 saturated heterocycles. The third-order valence-electron chi connectivity index (χ3n) is 3.65. The molecular weight excluding hydrogens is 242 g/mol. The van der Waals surface area contributed by atoms with Gasteiger partial charge in [-0.25, -0.2) is 0 Å². The molecule has 1 N–H and O–H groups in total. The van der Waals surface area contributed by atoms with Crippen LogP contribution in [-0.4, -0.2) is 40.9 Å². The second-order valence-electron chi connectivity index (χ2n) is 4.99. The summed E-state index contributed by atoms with van der Waals surface area (Å²) in [6.45, 7) is 4.43. The molecule has 0 bridgehead atoms. The SMILES string of the molecule is CC(=O)N1CCC(C(=O)NCCn2cccc2)CC1. The summed E-state index contributed by atoms with van der Waals surface area (Å²) in [5, 5.41) is 2.97. The molecule has 2 amide bonds. The highest BCUT2D eigenvalue weighted by Crippen LogP contribution is 2.17. The van der Waals surface area contributed by atoms with Gasteiger partial charge < -0.3 is 14.8 Å². The fourth-order valence-corrected chi connectivity index (χ4v) is 2.43. The van der Waals surface area contributed by atoms with Gasteiger partial charge in [0.1, 0.15) is 0 Å². The number of carbonyl (C=O) groups excluding carboxylic acids is 2. The van der Waals surface area contributed by atoms with Crippen LogP contribution in [0.5, 0.6) is 0 Å². The first-order valence-corrected chi connectivity index (χ1v) is 6.81. The van der Waals surface area contributed by atoms with Gasteiger partial charge in [0.2, 0.25) is 11.8 Å². The van der Waals surface area contributed by atoms with Gasteiger partial charge in [-0.2, -0.15) is 0 Å². The van der Waals surface area contributed by atoms with Crippen LogP contribution in [0.4, 0.5) is 0 Å². The van der Waals surface area contributed by atoms with Gasteiger partial charge in [-0.15, -0.1) is 0 Å². The number of hydrogen-bond acceptors (Lipinski definition) is 2. The summed E-state index contributed by atoms with van der Waals surface area (Å²) >= 11 is 0. The largest absolute Gasteiger partial charge is 0.354 e. The van der Waals surface area contributed by atoms with Crippen LogP contribution >= 0.6 is 0 Å². The third-order valence-corrected chi connectivity index (χ3v) is 3.65. The van der Waals surface area contributed by atoms with E-state index in [0.29, 0.717) is 19.6 Å². The number of nitrogens with one attached hydrogen (secondary N) is 1. The summed E-state index contributed by atoms with van der Waals surface area (Å²) in [4.78, 5) is 25.0. The number of hydrogen-bond donors (Lipinski definition) is 1. The molecule has 0 aromatic carbocycles. The maximum absolute atomic E-state index is 12.0. The first kappa shape index (κ1) is 13.6. The van der Waals surface area contributed by atoms with Crippen LogP contribution in [0.2, 0.25) is 0 Å². The molecule has 0 atom stereocenters. The maximum Gasteiger partial charge on any atom is 0.223 e. The highest BCUT2D eigenvalue weighted by Gasteiger charge is 2.25. The summed E-state index contributed by atoms with van der Waals surface area (Å²) in [5.74, 6) is 0.280. The minimum atomic E-state index is 0.0558. The molecule has 1 aliphatic heterocycles. The normalized spacial score (nSPS) is 16.4. The van der Waals surface area contributed by atoms with E-state index in [9.17, 15) is 9.59 Å². The Morgan fingerprint density at radius 3 is 2.42 bits per heavy atom. The number of amides is 2. The number of carbonyl (C=O) groups is 2. The molecule has 19 heavy (non-hydrogen) atoms. The van der Waals surface area contributed by atoms with E-state index in [-0.39, 0.29) is 17.7 Å². The topological polar surface area (TPSA) is 54.3 Å². The molecule has 0 spiro atoms. The number of piperidine rings is 1. The predicted molar refractivity (Wildman–Crippen MR) is 72.4 cm³/mol. The van der Waals surface area contributed by atoms with Crippen LogP contribution in [0, 0.1) is 5.92 Å². The summed E-state index contributed by atoms with van der Waals surface area (Å²) < 4.78 is 2.04. The van der Waals surface area contributed by atoms with Crippen molar-refractivity contribution < 1.29 is 9.59 Å². The van der Waals surface area contributed by atoms with E-state index < -0.39 is 0 Å². The number of nitrogens with zero attached hydrogens (tertiary/aromatic N) is 2. The Morgan fingerprint density at radius 1 is 1.21 bits per heavy atom. The van der Waals surface area contributed by atoms with E-state index in [0.717, 1.165) is 19.4 Å². The first-order chi connectivity index (χ1) is 9.16. The fraction of sp³-hybridized carbons (Fsp3) is 0.571. The summed E-state index contributed by atoms with van der Waals surface area (Å²) in [5.41, 5.74) is 0. The van der Waals surface area contributed by atoms with Gasteiger partial charge in [0.15, 0.2) is 0 Å². The molecule has 2 heterocycles. The van der Waals surface area contributed by atoms with Crippen molar-refractivity contribution in [3.05, 3.63) is 24.5 Å². The van der Waals surface area contributed by atoms with Crippen LogP contribution in [-0.2, 0) is 16.1 Å². The zero-order valence-electron chi connectivity index (χ0n) is 11.3. The van der Waals surface area contributed by atoms with E-state index in [2.05, 4.69) is 5.32 Å². The van der Waals surface area contributed by atoms with Crippen molar-refractivity contribution in [2.24, 2.45) is 5.92 Å². The van der Waals surface area contributed by atoms with Crippen molar-refractivity contribution in [2.75, 3.05) is 19.6 Å². The van der Waals surface area contributed by atoms with E-state index in [1.54, 1.807) is 6.92 Å². The van der Waals surface area contributed by atoms with Crippen LogP contribution in [0.1, 0.15) is 19.8 Å². The monoisotopic (exact) mass is 263 g/mol. The zero-order chi connectivity index (χ0) is 13.7. The standard InChI is InChI=1S/C14H21N3O2/c1-12(18)17-9-4-13(5-10-17)14(19)15-6-11-16-7-2-3-8-16/h2-3,7-8,13H,4-6,9-11H2,1H3,(H,15,19). The second kappa shape index (κ2) is 6.41. The highest BCUT2D eigenvalue weighted by molar-refractivity contribution is 5.79. The van der Waals surface area contributed by atoms with Crippen molar-refractivity contribution in [3.63, 3.8) is 0 Å². The summed E-state index contributed by atoms with van der Waals surface area (Å²) in [6.07, 6.45) is 5.51. The summed E-state index contributed by atoms with van der Waals surface area (Å²) in [7, 11) is 0. The van der Waals surface area contributed by atoms with Crippen molar-refractivity contribution in [1.29, 1.82) is 0 Å². The van der Waals surface area contributed by atoms with E-state index in [1.807, 2.05) is 34.0 Å². The molecule has 1 aromatic heterocycles. The number of aromatic nitrogens is 1. The number of likely N-dealkylation sites (tertiary alicyclic amines) is 1. The van der Waals surface area contributed by atoms with Gasteiger partial charge in [-0.3, -0.25) is 9.59 Å². The van der Waals surface area contributed by atoms with Crippen molar-refractivity contribution >= 4 is 11.8 Å². The Morgan fingerprint density at radius 2 is 1.84 bits per heavy atom. The fourth-order valence-electron chi connectivity index (χ4n) is 2.43. The predicted octanol–water partition coefficient (Wildman–Crippen LogP) is 0.863. The summed E-state index contributed by atoms with van der Waals surface area (Å²) in [6, 6.07) is 3.94. The Bertz CT molecular complexity index is 420.